The van der Waals surface area contributed by atoms with E-state index < -0.39 is 0 Å². The van der Waals surface area contributed by atoms with Gasteiger partial charge in [-0.25, -0.2) is 0 Å². The zero-order chi connectivity index (χ0) is 12.1. The largest absolute Gasteiger partial charge is 0.395 e. The summed E-state index contributed by atoms with van der Waals surface area (Å²) in [5, 5.41) is 9.11. The molecular formula is C14H21NOS. The molecule has 2 nitrogen and oxygen atoms in total. The van der Waals surface area contributed by atoms with Crippen LogP contribution in [0.1, 0.15) is 24.3 Å². The van der Waals surface area contributed by atoms with E-state index in [1.54, 1.807) is 0 Å². The third kappa shape index (κ3) is 3.73. The van der Waals surface area contributed by atoms with Crippen LogP contribution in [0, 0.1) is 0 Å². The number of aliphatic hydroxyl groups excluding tert-OH is 1. The lowest BCUT2D eigenvalue weighted by molar-refractivity contribution is 0.183. The summed E-state index contributed by atoms with van der Waals surface area (Å²) >= 11 is 4.47. The second kappa shape index (κ2) is 6.43. The number of hydrogen-bond donors (Lipinski definition) is 2. The Morgan fingerprint density at radius 1 is 1.29 bits per heavy atom. The van der Waals surface area contributed by atoms with Crippen LogP contribution >= 0.6 is 12.6 Å². The fourth-order valence-corrected chi connectivity index (χ4v) is 2.59. The lowest BCUT2D eigenvalue weighted by Gasteiger charge is -2.26. The Morgan fingerprint density at radius 2 is 2.00 bits per heavy atom. The van der Waals surface area contributed by atoms with Gasteiger partial charge in [0.2, 0.25) is 0 Å². The Labute approximate surface area is 109 Å². The van der Waals surface area contributed by atoms with E-state index in [2.05, 4.69) is 41.8 Å². The quantitative estimate of drug-likeness (QED) is 0.726. The third-order valence-corrected chi connectivity index (χ3v) is 3.84. The zero-order valence-corrected chi connectivity index (χ0v) is 11.0. The van der Waals surface area contributed by atoms with Gasteiger partial charge in [0.1, 0.15) is 0 Å². The minimum atomic E-state index is 0.255. The van der Waals surface area contributed by atoms with Crippen LogP contribution in [0.5, 0.6) is 0 Å². The molecule has 94 valence electrons. The topological polar surface area (TPSA) is 23.5 Å². The molecule has 0 saturated heterocycles. The van der Waals surface area contributed by atoms with Crippen molar-refractivity contribution in [3.05, 3.63) is 35.9 Å². The predicted octanol–water partition coefficient (Wildman–Crippen LogP) is 2.16. The molecule has 1 atom stereocenters. The van der Waals surface area contributed by atoms with E-state index in [-0.39, 0.29) is 6.61 Å². The first-order valence-corrected chi connectivity index (χ1v) is 6.99. The highest BCUT2D eigenvalue weighted by atomic mass is 32.1. The molecule has 1 N–H and O–H groups in total. The van der Waals surface area contributed by atoms with Crippen LogP contribution in [0.4, 0.5) is 0 Å². The van der Waals surface area contributed by atoms with Crippen molar-refractivity contribution in [3.8, 4) is 0 Å². The lowest BCUT2D eigenvalue weighted by Crippen LogP contribution is -2.33. The minimum absolute atomic E-state index is 0.255. The molecule has 0 aliphatic heterocycles. The maximum absolute atomic E-state index is 9.11. The molecular weight excluding hydrogens is 230 g/mol. The van der Waals surface area contributed by atoms with Gasteiger partial charge in [-0.3, -0.25) is 4.90 Å². The summed E-state index contributed by atoms with van der Waals surface area (Å²) in [6.45, 7) is 2.06. The summed E-state index contributed by atoms with van der Waals surface area (Å²) in [6, 6.07) is 11.3. The summed E-state index contributed by atoms with van der Waals surface area (Å²) in [7, 11) is 0. The highest BCUT2D eigenvalue weighted by molar-refractivity contribution is 7.80. The van der Waals surface area contributed by atoms with Crippen molar-refractivity contribution >= 4 is 12.6 Å². The molecule has 2 rings (SSSR count). The number of benzene rings is 1. The molecule has 17 heavy (non-hydrogen) atoms. The maximum Gasteiger partial charge on any atom is 0.0558 e. The van der Waals surface area contributed by atoms with Crippen molar-refractivity contribution in [3.63, 3.8) is 0 Å². The minimum Gasteiger partial charge on any atom is -0.395 e. The van der Waals surface area contributed by atoms with E-state index in [4.69, 9.17) is 5.11 Å². The van der Waals surface area contributed by atoms with Gasteiger partial charge in [-0.2, -0.15) is 12.6 Å². The van der Waals surface area contributed by atoms with Gasteiger partial charge in [-0.05, 0) is 24.2 Å². The zero-order valence-electron chi connectivity index (χ0n) is 10.1. The molecule has 1 fully saturated rings. The third-order valence-electron chi connectivity index (χ3n) is 3.40. The van der Waals surface area contributed by atoms with E-state index >= 15 is 0 Å². The van der Waals surface area contributed by atoms with Gasteiger partial charge in [0.05, 0.1) is 6.61 Å². The number of hydrogen-bond acceptors (Lipinski definition) is 3. The Balaban J connectivity index is 1.98. The molecule has 0 spiro atoms. The molecule has 1 aromatic carbocycles. The van der Waals surface area contributed by atoms with E-state index in [0.29, 0.717) is 12.0 Å². The van der Waals surface area contributed by atoms with Crippen molar-refractivity contribution in [1.29, 1.82) is 0 Å². The first kappa shape index (κ1) is 12.9. The molecule has 1 saturated carbocycles. The molecule has 0 radical (unpaired) electrons. The molecule has 0 heterocycles. The summed E-state index contributed by atoms with van der Waals surface area (Å²) < 4.78 is 0. The Bertz CT molecular complexity index is 326. The van der Waals surface area contributed by atoms with E-state index in [1.807, 2.05) is 6.07 Å². The molecule has 1 aliphatic carbocycles. The average molecular weight is 251 g/mol. The van der Waals surface area contributed by atoms with Gasteiger partial charge in [0.25, 0.3) is 0 Å². The number of thiol groups is 1. The fourth-order valence-electron chi connectivity index (χ4n) is 2.27. The highest BCUT2D eigenvalue weighted by Crippen LogP contribution is 2.29. The first-order valence-electron chi connectivity index (χ1n) is 6.36. The van der Waals surface area contributed by atoms with Crippen molar-refractivity contribution in [2.24, 2.45) is 0 Å². The van der Waals surface area contributed by atoms with Crippen LogP contribution in [0.15, 0.2) is 30.3 Å². The van der Waals surface area contributed by atoms with Gasteiger partial charge in [-0.1, -0.05) is 30.3 Å². The van der Waals surface area contributed by atoms with E-state index in [0.717, 1.165) is 18.8 Å². The summed E-state index contributed by atoms with van der Waals surface area (Å²) in [5.74, 6) is 1.32. The first-order chi connectivity index (χ1) is 8.35. The van der Waals surface area contributed by atoms with Gasteiger partial charge >= 0.3 is 0 Å². The Morgan fingerprint density at radius 3 is 2.53 bits per heavy atom. The normalized spacial score (nSPS) is 17.4. The van der Waals surface area contributed by atoms with Gasteiger partial charge in [0.15, 0.2) is 0 Å². The van der Waals surface area contributed by atoms with Crippen molar-refractivity contribution in [2.45, 2.75) is 24.8 Å². The van der Waals surface area contributed by atoms with Gasteiger partial charge in [-0.15, -0.1) is 0 Å². The van der Waals surface area contributed by atoms with Crippen molar-refractivity contribution in [2.75, 3.05) is 25.4 Å². The second-order valence-electron chi connectivity index (χ2n) is 4.74. The van der Waals surface area contributed by atoms with Crippen LogP contribution in [-0.2, 0) is 0 Å². The predicted molar refractivity (Wildman–Crippen MR) is 74.7 cm³/mol. The number of aliphatic hydroxyl groups is 1. The van der Waals surface area contributed by atoms with Gasteiger partial charge < -0.3 is 5.11 Å². The average Bonchev–Trinajstić information content (AvgIpc) is 3.20. The SMILES string of the molecule is OCCN(CC(CS)c1ccccc1)C1CC1. The molecule has 1 aliphatic rings. The lowest BCUT2D eigenvalue weighted by atomic mass is 10.0. The summed E-state index contributed by atoms with van der Waals surface area (Å²) in [5.41, 5.74) is 1.35. The monoisotopic (exact) mass is 251 g/mol. The number of nitrogens with zero attached hydrogens (tertiary/aromatic N) is 1. The molecule has 3 heteroatoms. The molecule has 0 bridgehead atoms. The van der Waals surface area contributed by atoms with Crippen LogP contribution in [0.25, 0.3) is 0 Å². The Hall–Kier alpha value is -0.510. The van der Waals surface area contributed by atoms with Crippen LogP contribution in [0.2, 0.25) is 0 Å². The highest BCUT2D eigenvalue weighted by Gasteiger charge is 2.30. The Kier molecular flexibility index (Phi) is 4.89. The van der Waals surface area contributed by atoms with Crippen molar-refractivity contribution in [1.82, 2.24) is 4.90 Å². The van der Waals surface area contributed by atoms with Crippen LogP contribution < -0.4 is 0 Å². The molecule has 1 unspecified atom stereocenters. The van der Waals surface area contributed by atoms with Crippen LogP contribution in [0.3, 0.4) is 0 Å². The van der Waals surface area contributed by atoms with Gasteiger partial charge in [0, 0.05) is 25.0 Å². The molecule has 0 amide bonds. The van der Waals surface area contributed by atoms with Crippen LogP contribution in [-0.4, -0.2) is 41.5 Å². The fraction of sp³-hybridized carbons (Fsp3) is 0.571. The van der Waals surface area contributed by atoms with Crippen molar-refractivity contribution < 1.29 is 5.11 Å². The molecule has 0 aromatic heterocycles. The van der Waals surface area contributed by atoms with E-state index in [1.165, 1.54) is 18.4 Å². The number of rotatable bonds is 7. The summed E-state index contributed by atoms with van der Waals surface area (Å²) in [4.78, 5) is 2.41. The molecule has 1 aromatic rings. The smallest absolute Gasteiger partial charge is 0.0558 e. The van der Waals surface area contributed by atoms with E-state index in [9.17, 15) is 0 Å². The standard InChI is InChI=1S/C14H21NOS/c16-9-8-15(14-6-7-14)10-13(11-17)12-4-2-1-3-5-12/h1-5,13-14,16-17H,6-11H2. The maximum atomic E-state index is 9.11. The summed E-state index contributed by atoms with van der Waals surface area (Å²) in [6.07, 6.45) is 2.57. The second-order valence-corrected chi connectivity index (χ2v) is 5.11.